The highest BCUT2D eigenvalue weighted by molar-refractivity contribution is 5.07. The second-order valence-electron chi connectivity index (χ2n) is 5.40. The molecule has 0 spiro atoms. The second-order valence-corrected chi connectivity index (χ2v) is 5.40. The van der Waals surface area contributed by atoms with E-state index in [9.17, 15) is 5.11 Å². The standard InChI is InChI=1S/C13H19N5O/c1-16-6-2-3-12(16)9-17-7-4-13(19,10-17)11-18-8-5-14-15-18/h2-3,5-6,8,19H,4,7,9-11H2,1H3. The van der Waals surface area contributed by atoms with Gasteiger partial charge in [-0.05, 0) is 18.6 Å². The zero-order chi connectivity index (χ0) is 13.3. The quantitative estimate of drug-likeness (QED) is 0.857. The first-order valence-electron chi connectivity index (χ1n) is 6.54. The summed E-state index contributed by atoms with van der Waals surface area (Å²) in [4.78, 5) is 2.28. The van der Waals surface area contributed by atoms with E-state index in [2.05, 4.69) is 25.8 Å². The molecule has 1 aliphatic rings. The van der Waals surface area contributed by atoms with E-state index in [0.29, 0.717) is 13.1 Å². The Morgan fingerprint density at radius 1 is 1.42 bits per heavy atom. The summed E-state index contributed by atoms with van der Waals surface area (Å²) in [5.74, 6) is 0. The van der Waals surface area contributed by atoms with Gasteiger partial charge in [0.15, 0.2) is 0 Å². The summed E-state index contributed by atoms with van der Waals surface area (Å²) in [6.07, 6.45) is 6.25. The van der Waals surface area contributed by atoms with Gasteiger partial charge in [-0.25, -0.2) is 4.68 Å². The Bertz CT molecular complexity index is 535. The van der Waals surface area contributed by atoms with E-state index in [1.807, 2.05) is 19.3 Å². The van der Waals surface area contributed by atoms with Crippen LogP contribution in [0, 0.1) is 0 Å². The molecule has 1 N–H and O–H groups in total. The molecule has 3 rings (SSSR count). The maximum atomic E-state index is 10.6. The molecule has 6 heteroatoms. The van der Waals surface area contributed by atoms with Gasteiger partial charge >= 0.3 is 0 Å². The summed E-state index contributed by atoms with van der Waals surface area (Å²) in [7, 11) is 2.05. The van der Waals surface area contributed by atoms with Crippen molar-refractivity contribution in [2.24, 2.45) is 7.05 Å². The fraction of sp³-hybridized carbons (Fsp3) is 0.538. The minimum Gasteiger partial charge on any atom is -0.387 e. The van der Waals surface area contributed by atoms with E-state index in [4.69, 9.17) is 0 Å². The van der Waals surface area contributed by atoms with Crippen LogP contribution < -0.4 is 0 Å². The summed E-state index contributed by atoms with van der Waals surface area (Å²) in [6.45, 7) is 2.98. The Balaban J connectivity index is 1.62. The van der Waals surface area contributed by atoms with Crippen LogP contribution in [0.5, 0.6) is 0 Å². The molecule has 19 heavy (non-hydrogen) atoms. The number of β-amino-alcohol motifs (C(OH)–C–C–N with tert-alkyl or cyclic N) is 1. The molecule has 102 valence electrons. The Morgan fingerprint density at radius 2 is 2.32 bits per heavy atom. The number of aromatic nitrogens is 4. The monoisotopic (exact) mass is 261 g/mol. The Morgan fingerprint density at radius 3 is 3.00 bits per heavy atom. The van der Waals surface area contributed by atoms with Crippen LogP contribution >= 0.6 is 0 Å². The smallest absolute Gasteiger partial charge is 0.0981 e. The van der Waals surface area contributed by atoms with Crippen molar-refractivity contribution in [3.63, 3.8) is 0 Å². The predicted molar refractivity (Wildman–Crippen MR) is 70.3 cm³/mol. The minimum atomic E-state index is -0.696. The topological polar surface area (TPSA) is 59.1 Å². The van der Waals surface area contributed by atoms with Crippen LogP contribution in [0.3, 0.4) is 0 Å². The van der Waals surface area contributed by atoms with Crippen molar-refractivity contribution in [3.05, 3.63) is 36.4 Å². The molecule has 0 bridgehead atoms. The molecular formula is C13H19N5O. The Kier molecular flexibility index (Phi) is 3.12. The maximum absolute atomic E-state index is 10.6. The Labute approximate surface area is 112 Å². The molecule has 0 aromatic carbocycles. The van der Waals surface area contributed by atoms with Crippen LogP contribution in [0.2, 0.25) is 0 Å². The summed E-state index contributed by atoms with van der Waals surface area (Å²) in [6, 6.07) is 4.17. The number of hydrogen-bond donors (Lipinski definition) is 1. The highest BCUT2D eigenvalue weighted by Gasteiger charge is 2.36. The van der Waals surface area contributed by atoms with Crippen LogP contribution in [-0.2, 0) is 20.1 Å². The largest absolute Gasteiger partial charge is 0.387 e. The van der Waals surface area contributed by atoms with Gasteiger partial charge in [0.25, 0.3) is 0 Å². The first kappa shape index (κ1) is 12.4. The molecule has 0 radical (unpaired) electrons. The summed E-state index contributed by atoms with van der Waals surface area (Å²) in [5.41, 5.74) is 0.573. The van der Waals surface area contributed by atoms with Crippen molar-refractivity contribution in [2.75, 3.05) is 13.1 Å². The van der Waals surface area contributed by atoms with E-state index in [-0.39, 0.29) is 0 Å². The van der Waals surface area contributed by atoms with Gasteiger partial charge in [0.1, 0.15) is 0 Å². The average molecular weight is 261 g/mol. The van der Waals surface area contributed by atoms with Crippen molar-refractivity contribution in [1.29, 1.82) is 0 Å². The lowest BCUT2D eigenvalue weighted by molar-refractivity contribution is 0.0272. The van der Waals surface area contributed by atoms with Gasteiger partial charge in [-0.2, -0.15) is 0 Å². The highest BCUT2D eigenvalue weighted by Crippen LogP contribution is 2.24. The fourth-order valence-corrected chi connectivity index (χ4v) is 2.71. The Hall–Kier alpha value is -1.66. The van der Waals surface area contributed by atoms with Crippen LogP contribution in [0.15, 0.2) is 30.7 Å². The zero-order valence-corrected chi connectivity index (χ0v) is 11.1. The number of nitrogens with zero attached hydrogens (tertiary/aromatic N) is 5. The van der Waals surface area contributed by atoms with Crippen molar-refractivity contribution in [1.82, 2.24) is 24.5 Å². The molecule has 0 aliphatic carbocycles. The molecule has 1 aliphatic heterocycles. The predicted octanol–water partition coefficient (Wildman–Crippen LogP) is 0.254. The average Bonchev–Trinajstić information content (AvgIpc) is 3.06. The number of hydrogen-bond acceptors (Lipinski definition) is 4. The summed E-state index contributed by atoms with van der Waals surface area (Å²) in [5, 5.41) is 18.3. The van der Waals surface area contributed by atoms with Crippen molar-refractivity contribution in [2.45, 2.75) is 25.1 Å². The molecule has 1 fully saturated rings. The molecule has 0 saturated carbocycles. The maximum Gasteiger partial charge on any atom is 0.0981 e. The molecule has 3 heterocycles. The van der Waals surface area contributed by atoms with Crippen molar-refractivity contribution >= 4 is 0 Å². The second kappa shape index (κ2) is 4.79. The SMILES string of the molecule is Cn1cccc1CN1CCC(O)(Cn2ccnn2)C1. The first-order chi connectivity index (χ1) is 9.15. The lowest BCUT2D eigenvalue weighted by Gasteiger charge is -2.23. The first-order valence-corrected chi connectivity index (χ1v) is 6.54. The molecule has 1 saturated heterocycles. The third-order valence-corrected chi connectivity index (χ3v) is 3.78. The number of aliphatic hydroxyl groups is 1. The van der Waals surface area contributed by atoms with Crippen LogP contribution in [0.1, 0.15) is 12.1 Å². The van der Waals surface area contributed by atoms with Gasteiger partial charge in [0.05, 0.1) is 18.3 Å². The molecule has 2 aromatic heterocycles. The molecule has 1 unspecified atom stereocenters. The van der Waals surface area contributed by atoms with Gasteiger partial charge < -0.3 is 9.67 Å². The van der Waals surface area contributed by atoms with E-state index in [1.165, 1.54) is 5.69 Å². The third kappa shape index (κ3) is 2.69. The molecule has 0 amide bonds. The lowest BCUT2D eigenvalue weighted by atomic mass is 10.0. The molecule has 2 aromatic rings. The summed E-state index contributed by atoms with van der Waals surface area (Å²) < 4.78 is 3.82. The minimum absolute atomic E-state index is 0.511. The van der Waals surface area contributed by atoms with Gasteiger partial charge in [-0.1, -0.05) is 5.21 Å². The highest BCUT2D eigenvalue weighted by atomic mass is 16.3. The molecule has 1 atom stereocenters. The third-order valence-electron chi connectivity index (χ3n) is 3.78. The van der Waals surface area contributed by atoms with Crippen LogP contribution in [-0.4, -0.2) is 48.3 Å². The van der Waals surface area contributed by atoms with E-state index in [0.717, 1.165) is 19.5 Å². The zero-order valence-electron chi connectivity index (χ0n) is 11.1. The van der Waals surface area contributed by atoms with Gasteiger partial charge in [0.2, 0.25) is 0 Å². The fourth-order valence-electron chi connectivity index (χ4n) is 2.71. The van der Waals surface area contributed by atoms with E-state index < -0.39 is 5.60 Å². The number of rotatable bonds is 4. The number of likely N-dealkylation sites (tertiary alicyclic amines) is 1. The van der Waals surface area contributed by atoms with Gasteiger partial charge in [-0.3, -0.25) is 4.90 Å². The van der Waals surface area contributed by atoms with Crippen LogP contribution in [0.25, 0.3) is 0 Å². The van der Waals surface area contributed by atoms with Crippen molar-refractivity contribution < 1.29 is 5.11 Å². The van der Waals surface area contributed by atoms with Crippen LogP contribution in [0.4, 0.5) is 0 Å². The van der Waals surface area contributed by atoms with E-state index >= 15 is 0 Å². The summed E-state index contributed by atoms with van der Waals surface area (Å²) >= 11 is 0. The normalized spacial score (nSPS) is 24.1. The molecule has 6 nitrogen and oxygen atoms in total. The molecular weight excluding hydrogens is 242 g/mol. The van der Waals surface area contributed by atoms with Crippen molar-refractivity contribution in [3.8, 4) is 0 Å². The van der Waals surface area contributed by atoms with Gasteiger partial charge in [-0.15, -0.1) is 5.10 Å². The van der Waals surface area contributed by atoms with Gasteiger partial charge in [0, 0.05) is 44.8 Å². The number of aryl methyl sites for hydroxylation is 1. The lowest BCUT2D eigenvalue weighted by Crippen LogP contribution is -2.37. The van der Waals surface area contributed by atoms with E-state index in [1.54, 1.807) is 17.1 Å².